The van der Waals surface area contributed by atoms with Gasteiger partial charge in [-0.2, -0.15) is 0 Å². The van der Waals surface area contributed by atoms with Crippen LogP contribution in [0.4, 0.5) is 0 Å². The minimum absolute atomic E-state index is 0.639. The van der Waals surface area contributed by atoms with Crippen LogP contribution >= 0.6 is 11.6 Å². The van der Waals surface area contributed by atoms with Gasteiger partial charge in [0.2, 0.25) is 0 Å². The lowest BCUT2D eigenvalue weighted by molar-refractivity contribution is 0.587. The van der Waals surface area contributed by atoms with Gasteiger partial charge in [-0.25, -0.2) is 0 Å². The number of aliphatic imine (C=N–C) groups is 1. The van der Waals surface area contributed by atoms with Crippen LogP contribution in [0, 0.1) is 6.92 Å². The van der Waals surface area contributed by atoms with Gasteiger partial charge in [-0.05, 0) is 88.0 Å². The highest BCUT2D eigenvalue weighted by atomic mass is 35.5. The first-order valence-electron chi connectivity index (χ1n) is 11.3. The molecule has 1 aliphatic carbocycles. The lowest BCUT2D eigenvalue weighted by atomic mass is 9.77. The van der Waals surface area contributed by atoms with Crippen LogP contribution in [0.15, 0.2) is 84.1 Å². The van der Waals surface area contributed by atoms with Crippen molar-refractivity contribution in [1.82, 2.24) is 5.32 Å². The number of benzene rings is 4. The molecule has 0 aromatic heterocycles. The van der Waals surface area contributed by atoms with Crippen molar-refractivity contribution in [2.75, 3.05) is 6.54 Å². The maximum absolute atomic E-state index is 6.20. The van der Waals surface area contributed by atoms with E-state index in [2.05, 4.69) is 77.9 Å². The molecule has 160 valence electrons. The smallest absolute Gasteiger partial charge is 0.0498 e. The van der Waals surface area contributed by atoms with E-state index in [1.165, 1.54) is 44.7 Å². The number of halogens is 1. The van der Waals surface area contributed by atoms with Gasteiger partial charge in [0.25, 0.3) is 0 Å². The van der Waals surface area contributed by atoms with Crippen LogP contribution in [-0.4, -0.2) is 12.8 Å². The summed E-state index contributed by atoms with van der Waals surface area (Å²) in [6, 6.07) is 24.2. The molecule has 1 N–H and O–H groups in total. The number of hydrogen-bond donors (Lipinski definition) is 1. The highest BCUT2D eigenvalue weighted by Crippen LogP contribution is 2.39. The molecule has 1 atom stereocenters. The molecule has 0 amide bonds. The van der Waals surface area contributed by atoms with E-state index in [1.54, 1.807) is 11.8 Å². The molecule has 1 unspecified atom stereocenters. The first-order chi connectivity index (χ1) is 15.7. The third-order valence-electron chi connectivity index (χ3n) is 6.55. The third kappa shape index (κ3) is 4.16. The Hall–Kier alpha value is -3.10. The molecule has 1 heterocycles. The Bertz CT molecular complexity index is 1310. The Balaban J connectivity index is 0.000000314. The van der Waals surface area contributed by atoms with E-state index in [-0.39, 0.29) is 0 Å². The second-order valence-electron chi connectivity index (χ2n) is 8.59. The van der Waals surface area contributed by atoms with Crippen LogP contribution in [0.1, 0.15) is 34.6 Å². The van der Waals surface area contributed by atoms with Gasteiger partial charge >= 0.3 is 0 Å². The maximum atomic E-state index is 6.20. The molecule has 1 aliphatic heterocycles. The largest absolute Gasteiger partial charge is 0.385 e. The second-order valence-corrected chi connectivity index (χ2v) is 9.03. The Morgan fingerprint density at radius 2 is 1.81 bits per heavy atom. The van der Waals surface area contributed by atoms with Gasteiger partial charge in [-0.15, -0.1) is 0 Å². The number of fused-ring (bicyclic) bond motifs is 5. The van der Waals surface area contributed by atoms with Crippen LogP contribution < -0.4 is 5.32 Å². The van der Waals surface area contributed by atoms with Crippen molar-refractivity contribution < 1.29 is 0 Å². The number of nitrogens with one attached hydrogen (secondary N) is 1. The van der Waals surface area contributed by atoms with E-state index in [4.69, 9.17) is 11.6 Å². The minimum atomic E-state index is 0.639. The standard InChI is InChI=1S/C25H21Cl.C4H6N2/c1-16-13-20-14-18(17-5-3-2-4-6-17)7-10-22(20)24-11-8-19-15-21(26)9-12-23(19)25(16)24;1-2-6-4-3-5-1/h2-6,8-9,11-13,15,18H,7,10,14H2,1H3;1-3,6H,4H2. The van der Waals surface area contributed by atoms with Crippen molar-refractivity contribution in [3.63, 3.8) is 0 Å². The minimum Gasteiger partial charge on any atom is -0.385 e. The monoisotopic (exact) mass is 438 g/mol. The zero-order valence-corrected chi connectivity index (χ0v) is 19.1. The Kier molecular flexibility index (Phi) is 5.96. The lowest BCUT2D eigenvalue weighted by Crippen LogP contribution is -2.13. The number of rotatable bonds is 1. The summed E-state index contributed by atoms with van der Waals surface area (Å²) in [6.45, 7) is 3.12. The first-order valence-corrected chi connectivity index (χ1v) is 11.7. The van der Waals surface area contributed by atoms with Gasteiger partial charge in [-0.3, -0.25) is 4.99 Å². The van der Waals surface area contributed by atoms with E-state index >= 15 is 0 Å². The van der Waals surface area contributed by atoms with Crippen molar-refractivity contribution in [1.29, 1.82) is 0 Å². The molecule has 2 aliphatic rings. The first kappa shape index (κ1) is 20.8. The van der Waals surface area contributed by atoms with Crippen LogP contribution in [0.5, 0.6) is 0 Å². The predicted molar refractivity (Wildman–Crippen MR) is 138 cm³/mol. The molecule has 3 heteroatoms. The molecule has 0 saturated heterocycles. The van der Waals surface area contributed by atoms with Gasteiger partial charge in [0.1, 0.15) is 0 Å². The molecular formula is C29H27ClN2. The van der Waals surface area contributed by atoms with Crippen LogP contribution in [0.25, 0.3) is 21.5 Å². The highest BCUT2D eigenvalue weighted by Gasteiger charge is 2.23. The fourth-order valence-electron chi connectivity index (χ4n) is 5.07. The maximum Gasteiger partial charge on any atom is 0.0498 e. The molecule has 0 saturated carbocycles. The van der Waals surface area contributed by atoms with E-state index < -0.39 is 0 Å². The van der Waals surface area contributed by atoms with E-state index in [0.29, 0.717) is 5.92 Å². The molecule has 0 fully saturated rings. The van der Waals surface area contributed by atoms with E-state index in [1.807, 2.05) is 18.5 Å². The summed E-state index contributed by atoms with van der Waals surface area (Å²) in [5.74, 6) is 0.639. The lowest BCUT2D eigenvalue weighted by Gasteiger charge is -2.27. The quantitative estimate of drug-likeness (QED) is 0.308. The average molecular weight is 439 g/mol. The molecule has 32 heavy (non-hydrogen) atoms. The van der Waals surface area contributed by atoms with Crippen LogP contribution in [0.3, 0.4) is 0 Å². The van der Waals surface area contributed by atoms with Gasteiger partial charge in [-0.1, -0.05) is 66.2 Å². The Labute approximate surface area is 194 Å². The highest BCUT2D eigenvalue weighted by molar-refractivity contribution is 6.31. The average Bonchev–Trinajstić information content (AvgIpc) is 2.85. The Morgan fingerprint density at radius 1 is 0.969 bits per heavy atom. The Morgan fingerprint density at radius 3 is 2.53 bits per heavy atom. The van der Waals surface area contributed by atoms with Crippen molar-refractivity contribution >= 4 is 39.4 Å². The molecule has 0 bridgehead atoms. The van der Waals surface area contributed by atoms with E-state index in [9.17, 15) is 0 Å². The zero-order valence-electron chi connectivity index (χ0n) is 18.3. The molecule has 2 nitrogen and oxygen atoms in total. The summed E-state index contributed by atoms with van der Waals surface area (Å²) >= 11 is 6.20. The fraction of sp³-hybridized carbons (Fsp3) is 0.207. The molecule has 4 aromatic carbocycles. The predicted octanol–water partition coefficient (Wildman–Crippen LogP) is 7.36. The summed E-state index contributed by atoms with van der Waals surface area (Å²) in [7, 11) is 0. The second kappa shape index (κ2) is 9.18. The van der Waals surface area contributed by atoms with Crippen molar-refractivity contribution in [2.45, 2.75) is 32.1 Å². The van der Waals surface area contributed by atoms with Crippen LogP contribution in [-0.2, 0) is 12.8 Å². The van der Waals surface area contributed by atoms with E-state index in [0.717, 1.165) is 24.4 Å². The summed E-state index contributed by atoms with van der Waals surface area (Å²) in [4.78, 5) is 3.81. The van der Waals surface area contributed by atoms with Crippen molar-refractivity contribution in [3.05, 3.63) is 106 Å². The van der Waals surface area contributed by atoms with Crippen LogP contribution in [0.2, 0.25) is 5.02 Å². The fourth-order valence-corrected chi connectivity index (χ4v) is 5.25. The summed E-state index contributed by atoms with van der Waals surface area (Å²) in [5, 5.41) is 9.13. The summed E-state index contributed by atoms with van der Waals surface area (Å²) in [5.41, 5.74) is 5.93. The van der Waals surface area contributed by atoms with Gasteiger partial charge in [0.15, 0.2) is 0 Å². The third-order valence-corrected chi connectivity index (χ3v) is 6.79. The summed E-state index contributed by atoms with van der Waals surface area (Å²) < 4.78 is 0. The molecule has 4 aromatic rings. The number of aryl methyl sites for hydroxylation is 2. The van der Waals surface area contributed by atoms with Gasteiger partial charge in [0.05, 0.1) is 0 Å². The summed E-state index contributed by atoms with van der Waals surface area (Å²) in [6.07, 6.45) is 8.90. The topological polar surface area (TPSA) is 24.4 Å². The normalized spacial score (nSPS) is 16.9. The molecular weight excluding hydrogens is 412 g/mol. The molecule has 0 spiro atoms. The molecule has 0 radical (unpaired) electrons. The molecule has 6 rings (SSSR count). The van der Waals surface area contributed by atoms with Gasteiger partial charge in [0, 0.05) is 30.2 Å². The van der Waals surface area contributed by atoms with Gasteiger partial charge < -0.3 is 5.32 Å². The van der Waals surface area contributed by atoms with Crippen molar-refractivity contribution in [2.24, 2.45) is 4.99 Å². The number of hydrogen-bond acceptors (Lipinski definition) is 2. The zero-order chi connectivity index (χ0) is 21.9. The van der Waals surface area contributed by atoms with Crippen molar-refractivity contribution in [3.8, 4) is 0 Å². The SMILES string of the molecule is C1=CNCC=N1.Cc1cc2c(c3ccc4cc(Cl)ccc4c13)CCC(c1ccccc1)C2. The number of nitrogens with zero attached hydrogens (tertiary/aromatic N) is 1.